The van der Waals surface area contributed by atoms with Gasteiger partial charge in [-0.3, -0.25) is 0 Å². The van der Waals surface area contributed by atoms with Gasteiger partial charge < -0.3 is 25.5 Å². The van der Waals surface area contributed by atoms with Crippen LogP contribution in [0.25, 0.3) is 87.6 Å². The van der Waals surface area contributed by atoms with Gasteiger partial charge in [-0.2, -0.15) is 0 Å². The van der Waals surface area contributed by atoms with Crippen molar-refractivity contribution in [3.8, 4) is 73.3 Å². The van der Waals surface area contributed by atoms with E-state index in [-0.39, 0.29) is 5.56 Å². The molecule has 0 unspecified atom stereocenters. The Bertz CT molecular complexity index is 2830. The van der Waals surface area contributed by atoms with Gasteiger partial charge in [-0.15, -0.1) is 0 Å². The van der Waals surface area contributed by atoms with Crippen LogP contribution in [0.5, 0.6) is 28.7 Å². The van der Waals surface area contributed by atoms with Crippen LogP contribution in [0.2, 0.25) is 0 Å². The van der Waals surface area contributed by atoms with E-state index in [0.29, 0.717) is 11.1 Å². The van der Waals surface area contributed by atoms with Crippen molar-refractivity contribution in [1.29, 1.82) is 0 Å². The maximum absolute atomic E-state index is 11.0. The van der Waals surface area contributed by atoms with Crippen molar-refractivity contribution in [2.75, 3.05) is 0 Å². The largest absolute Gasteiger partial charge is 0.504 e. The molecule has 9 rings (SSSR count). The van der Waals surface area contributed by atoms with Crippen LogP contribution in [0, 0.1) is 0 Å². The Hall–Kier alpha value is -6.98. The number of benzene rings is 9. The molecule has 5 nitrogen and oxygen atoms in total. The van der Waals surface area contributed by atoms with Gasteiger partial charge in [0.05, 0.1) is 5.56 Å². The Labute approximate surface area is 292 Å². The molecule has 5 N–H and O–H groups in total. The molecule has 0 radical (unpaired) electrons. The minimum atomic E-state index is -0.996. The van der Waals surface area contributed by atoms with Crippen molar-refractivity contribution in [2.24, 2.45) is 0 Å². The number of fused-ring (bicyclic) bond motifs is 4. The van der Waals surface area contributed by atoms with Crippen molar-refractivity contribution in [2.45, 2.75) is 0 Å². The van der Waals surface area contributed by atoms with E-state index in [4.69, 9.17) is 0 Å². The van der Waals surface area contributed by atoms with Crippen molar-refractivity contribution in [3.05, 3.63) is 152 Å². The molecule has 5 heteroatoms. The molecule has 9 aromatic rings. The van der Waals surface area contributed by atoms with E-state index in [9.17, 15) is 25.5 Å². The normalized spacial score (nSPS) is 11.5. The summed E-state index contributed by atoms with van der Waals surface area (Å²) < 4.78 is 0. The Morgan fingerprint density at radius 1 is 0.255 bits per heavy atom. The number of phenols is 5. The first-order chi connectivity index (χ1) is 24.9. The van der Waals surface area contributed by atoms with E-state index in [0.717, 1.165) is 70.9 Å². The molecule has 0 heterocycles. The first-order valence-electron chi connectivity index (χ1n) is 16.7. The fourth-order valence-electron chi connectivity index (χ4n) is 7.71. The maximum atomic E-state index is 11.0. The molecule has 0 saturated heterocycles. The second-order valence-electron chi connectivity index (χ2n) is 12.8. The second kappa shape index (κ2) is 11.6. The summed E-state index contributed by atoms with van der Waals surface area (Å²) in [5.41, 5.74) is 5.99. The number of phenolic OH excluding ortho intramolecular Hbond substituents is 5. The summed E-state index contributed by atoms with van der Waals surface area (Å²) in [6.45, 7) is 0. The molecule has 51 heavy (non-hydrogen) atoms. The lowest BCUT2D eigenvalue weighted by Crippen LogP contribution is -1.94. The van der Waals surface area contributed by atoms with Crippen molar-refractivity contribution in [3.63, 3.8) is 0 Å². The van der Waals surface area contributed by atoms with Gasteiger partial charge in [0.1, 0.15) is 0 Å². The van der Waals surface area contributed by atoms with Crippen LogP contribution < -0.4 is 0 Å². The van der Waals surface area contributed by atoms with Crippen molar-refractivity contribution >= 4 is 43.1 Å². The van der Waals surface area contributed by atoms with Crippen molar-refractivity contribution < 1.29 is 25.5 Å². The fraction of sp³-hybridized carbons (Fsp3) is 0. The third-order valence-corrected chi connectivity index (χ3v) is 10.0. The summed E-state index contributed by atoms with van der Waals surface area (Å²) in [7, 11) is 0. The molecule has 0 bridgehead atoms. The Morgan fingerprint density at radius 3 is 1.22 bits per heavy atom. The third-order valence-electron chi connectivity index (χ3n) is 10.0. The smallest absolute Gasteiger partial charge is 0.208 e. The van der Waals surface area contributed by atoms with Gasteiger partial charge in [-0.25, -0.2) is 0 Å². The zero-order valence-corrected chi connectivity index (χ0v) is 27.2. The molecule has 244 valence electrons. The quantitative estimate of drug-likeness (QED) is 0.0733. The number of hydrogen-bond donors (Lipinski definition) is 5. The highest BCUT2D eigenvalue weighted by atomic mass is 16.4. The number of hydrogen-bond acceptors (Lipinski definition) is 5. The molecular weight excluding hydrogens is 633 g/mol. The standard InChI is InChI=1S/C46H30O5/c47-42-41(43(48)45(50)46(51)44(42)49)34-18-6-5-17-31(34)28-23-24-37-38(25-28)40(33-22-10-14-27-12-2-4-16-30(27)33)36-20-8-7-19-35(36)39(37)32-21-9-13-26-11-1-3-15-29(26)32/h1-25,47-51H. The average Bonchev–Trinajstić information content (AvgIpc) is 3.18. The van der Waals surface area contributed by atoms with Crippen LogP contribution in [0.3, 0.4) is 0 Å². The highest BCUT2D eigenvalue weighted by molar-refractivity contribution is 6.25. The van der Waals surface area contributed by atoms with Gasteiger partial charge in [-0.1, -0.05) is 146 Å². The van der Waals surface area contributed by atoms with Gasteiger partial charge in [0.15, 0.2) is 11.5 Å². The minimum absolute atomic E-state index is 0.192. The van der Waals surface area contributed by atoms with Gasteiger partial charge in [0, 0.05) is 0 Å². The molecule has 9 aromatic carbocycles. The molecular formula is C46H30O5. The average molecular weight is 663 g/mol. The molecule has 0 fully saturated rings. The molecule has 0 atom stereocenters. The zero-order valence-electron chi connectivity index (χ0n) is 27.2. The molecule has 0 aromatic heterocycles. The van der Waals surface area contributed by atoms with Gasteiger partial charge in [-0.05, 0) is 88.1 Å². The molecule has 0 amide bonds. The summed E-state index contributed by atoms with van der Waals surface area (Å²) in [5, 5.41) is 61.8. The molecule has 0 saturated carbocycles. The molecule has 0 aliphatic heterocycles. The summed E-state index contributed by atoms with van der Waals surface area (Å²) >= 11 is 0. The van der Waals surface area contributed by atoms with Crippen LogP contribution in [0.15, 0.2) is 152 Å². The molecule has 0 aliphatic rings. The van der Waals surface area contributed by atoms with Crippen LogP contribution >= 0.6 is 0 Å². The van der Waals surface area contributed by atoms with Gasteiger partial charge in [0.25, 0.3) is 0 Å². The Kier molecular flexibility index (Phi) is 6.83. The van der Waals surface area contributed by atoms with Crippen LogP contribution in [0.4, 0.5) is 0 Å². The Morgan fingerprint density at radius 2 is 0.647 bits per heavy atom. The highest BCUT2D eigenvalue weighted by Crippen LogP contribution is 2.56. The van der Waals surface area contributed by atoms with E-state index < -0.39 is 28.7 Å². The lowest BCUT2D eigenvalue weighted by molar-refractivity contribution is 0.330. The van der Waals surface area contributed by atoms with Crippen LogP contribution in [-0.4, -0.2) is 25.5 Å². The fourth-order valence-corrected chi connectivity index (χ4v) is 7.71. The SMILES string of the molecule is Oc1c(O)c(O)c(-c2ccccc2-c2ccc3c(-c4cccc5ccccc45)c4ccccc4c(-c4cccc5ccccc45)c3c2)c(O)c1O. The van der Waals surface area contributed by atoms with E-state index in [1.54, 1.807) is 12.1 Å². The zero-order chi connectivity index (χ0) is 34.8. The summed E-state index contributed by atoms with van der Waals surface area (Å²) in [4.78, 5) is 0. The second-order valence-corrected chi connectivity index (χ2v) is 12.8. The lowest BCUT2D eigenvalue weighted by Gasteiger charge is -2.21. The minimum Gasteiger partial charge on any atom is -0.504 e. The van der Waals surface area contributed by atoms with E-state index in [1.165, 1.54) is 0 Å². The third kappa shape index (κ3) is 4.56. The first-order valence-corrected chi connectivity index (χ1v) is 16.7. The van der Waals surface area contributed by atoms with E-state index >= 15 is 0 Å². The predicted octanol–water partition coefficient (Wildman–Crippen LogP) is 11.5. The van der Waals surface area contributed by atoms with Crippen LogP contribution in [-0.2, 0) is 0 Å². The highest BCUT2D eigenvalue weighted by Gasteiger charge is 2.26. The maximum Gasteiger partial charge on any atom is 0.208 e. The van der Waals surface area contributed by atoms with Gasteiger partial charge >= 0.3 is 0 Å². The van der Waals surface area contributed by atoms with E-state index in [2.05, 4.69) is 115 Å². The van der Waals surface area contributed by atoms with Crippen LogP contribution in [0.1, 0.15) is 0 Å². The lowest BCUT2D eigenvalue weighted by atomic mass is 9.82. The molecule has 0 spiro atoms. The first kappa shape index (κ1) is 30.1. The predicted molar refractivity (Wildman–Crippen MR) is 207 cm³/mol. The summed E-state index contributed by atoms with van der Waals surface area (Å²) in [5.74, 6) is -4.31. The summed E-state index contributed by atoms with van der Waals surface area (Å²) in [6.07, 6.45) is 0. The molecule has 0 aliphatic carbocycles. The number of aromatic hydroxyl groups is 5. The van der Waals surface area contributed by atoms with Gasteiger partial charge in [0.2, 0.25) is 17.2 Å². The Balaban J connectivity index is 1.43. The summed E-state index contributed by atoms with van der Waals surface area (Å²) in [6, 6.07) is 51.6. The monoisotopic (exact) mass is 662 g/mol. The van der Waals surface area contributed by atoms with Crippen molar-refractivity contribution in [1.82, 2.24) is 0 Å². The topological polar surface area (TPSA) is 101 Å². The van der Waals surface area contributed by atoms with E-state index in [1.807, 2.05) is 24.3 Å². The number of rotatable bonds is 4.